The fraction of sp³-hybridized carbons (Fsp3) is 0.136. The number of sulfonamides is 1. The van der Waals surface area contributed by atoms with Crippen molar-refractivity contribution in [3.05, 3.63) is 88.9 Å². The van der Waals surface area contributed by atoms with Gasteiger partial charge in [0.1, 0.15) is 12.4 Å². The first-order valence-electron chi connectivity index (χ1n) is 9.20. The van der Waals surface area contributed by atoms with Gasteiger partial charge in [-0.2, -0.15) is 0 Å². The van der Waals surface area contributed by atoms with E-state index in [1.165, 1.54) is 18.2 Å². The minimum absolute atomic E-state index is 0.00368. The Hall–Kier alpha value is -3.03. The van der Waals surface area contributed by atoms with Crippen LogP contribution in [-0.4, -0.2) is 27.5 Å². The Kier molecular flexibility index (Phi) is 6.97. The average molecular weight is 445 g/mol. The molecule has 0 aromatic heterocycles. The summed E-state index contributed by atoms with van der Waals surface area (Å²) in [5.74, 6) is 0.133. The van der Waals surface area contributed by atoms with E-state index in [0.717, 1.165) is 5.56 Å². The van der Waals surface area contributed by atoms with E-state index in [1.54, 1.807) is 48.5 Å². The number of hydrogen-bond acceptors (Lipinski definition) is 4. The van der Waals surface area contributed by atoms with Crippen molar-refractivity contribution in [3.8, 4) is 5.75 Å². The zero-order chi connectivity index (χ0) is 21.6. The molecule has 0 aliphatic heterocycles. The number of rotatable bonds is 8. The third kappa shape index (κ3) is 5.75. The second-order valence-corrected chi connectivity index (χ2v) is 8.63. The monoisotopic (exact) mass is 444 g/mol. The standard InChI is InChI=1S/C22H21ClN2O4S/c1-16-6-4-8-18(14-16)25-30(27,28)19-9-5-7-17(15-19)22(26)24-12-13-29-21-11-3-2-10-20(21)23/h2-11,14-15,25H,12-13H2,1H3,(H,24,26). The molecule has 0 spiro atoms. The Bertz CT molecular complexity index is 1150. The van der Waals surface area contributed by atoms with Crippen LogP contribution in [0.25, 0.3) is 0 Å². The van der Waals surface area contributed by atoms with Gasteiger partial charge < -0.3 is 10.1 Å². The third-order valence-electron chi connectivity index (χ3n) is 4.16. The number of ether oxygens (including phenoxy) is 1. The largest absolute Gasteiger partial charge is 0.490 e. The predicted octanol–water partition coefficient (Wildman–Crippen LogP) is 4.26. The number of halogens is 1. The van der Waals surface area contributed by atoms with Crippen LogP contribution in [0.2, 0.25) is 5.02 Å². The fourth-order valence-electron chi connectivity index (χ4n) is 2.72. The van der Waals surface area contributed by atoms with Gasteiger partial charge in [-0.25, -0.2) is 8.42 Å². The number of carbonyl (C=O) groups is 1. The maximum atomic E-state index is 12.7. The van der Waals surface area contributed by atoms with Crippen molar-refractivity contribution in [1.82, 2.24) is 5.32 Å². The van der Waals surface area contributed by atoms with Crippen molar-refractivity contribution < 1.29 is 17.9 Å². The lowest BCUT2D eigenvalue weighted by Gasteiger charge is -2.11. The van der Waals surface area contributed by atoms with Gasteiger partial charge in [-0.1, -0.05) is 41.9 Å². The van der Waals surface area contributed by atoms with Crippen molar-refractivity contribution in [3.63, 3.8) is 0 Å². The molecular formula is C22H21ClN2O4S. The van der Waals surface area contributed by atoms with Gasteiger partial charge in [0.2, 0.25) is 0 Å². The molecule has 0 atom stereocenters. The van der Waals surface area contributed by atoms with Crippen LogP contribution >= 0.6 is 11.6 Å². The molecule has 0 aliphatic carbocycles. The molecule has 156 valence electrons. The number of anilines is 1. The number of aryl methyl sites for hydroxylation is 1. The smallest absolute Gasteiger partial charge is 0.261 e. The summed E-state index contributed by atoms with van der Waals surface area (Å²) >= 11 is 6.01. The molecule has 3 rings (SSSR count). The number of amides is 1. The molecule has 0 unspecified atom stereocenters. The van der Waals surface area contributed by atoms with E-state index >= 15 is 0 Å². The van der Waals surface area contributed by atoms with Gasteiger partial charge >= 0.3 is 0 Å². The van der Waals surface area contributed by atoms with Crippen LogP contribution in [-0.2, 0) is 10.0 Å². The highest BCUT2D eigenvalue weighted by molar-refractivity contribution is 7.92. The molecule has 3 aromatic carbocycles. The normalized spacial score (nSPS) is 11.0. The summed E-state index contributed by atoms with van der Waals surface area (Å²) in [7, 11) is -3.82. The van der Waals surface area contributed by atoms with Crippen molar-refractivity contribution in [1.29, 1.82) is 0 Å². The first-order valence-corrected chi connectivity index (χ1v) is 11.1. The van der Waals surface area contributed by atoms with Gasteiger partial charge in [-0.3, -0.25) is 9.52 Å². The third-order valence-corrected chi connectivity index (χ3v) is 5.85. The van der Waals surface area contributed by atoms with E-state index in [0.29, 0.717) is 16.5 Å². The molecular weight excluding hydrogens is 424 g/mol. The lowest BCUT2D eigenvalue weighted by molar-refractivity contribution is 0.0947. The minimum atomic E-state index is -3.82. The highest BCUT2D eigenvalue weighted by atomic mass is 35.5. The van der Waals surface area contributed by atoms with Crippen LogP contribution in [0.15, 0.2) is 77.7 Å². The summed E-state index contributed by atoms with van der Waals surface area (Å²) in [6.07, 6.45) is 0. The quantitative estimate of drug-likeness (QED) is 0.508. The first-order chi connectivity index (χ1) is 14.3. The summed E-state index contributed by atoms with van der Waals surface area (Å²) in [5.41, 5.74) is 1.63. The summed E-state index contributed by atoms with van der Waals surface area (Å²) in [4.78, 5) is 12.4. The highest BCUT2D eigenvalue weighted by Crippen LogP contribution is 2.22. The summed E-state index contributed by atoms with van der Waals surface area (Å²) in [5, 5.41) is 3.19. The predicted molar refractivity (Wildman–Crippen MR) is 118 cm³/mol. The van der Waals surface area contributed by atoms with Crippen LogP contribution in [0, 0.1) is 6.92 Å². The van der Waals surface area contributed by atoms with Crippen molar-refractivity contribution in [2.24, 2.45) is 0 Å². The first kappa shape index (κ1) is 21.7. The average Bonchev–Trinajstić information content (AvgIpc) is 2.72. The molecule has 0 bridgehead atoms. The highest BCUT2D eigenvalue weighted by Gasteiger charge is 2.16. The number of nitrogens with one attached hydrogen (secondary N) is 2. The van der Waals surface area contributed by atoms with Gasteiger partial charge in [0.25, 0.3) is 15.9 Å². The lowest BCUT2D eigenvalue weighted by atomic mass is 10.2. The summed E-state index contributed by atoms with van der Waals surface area (Å²) < 4.78 is 33.4. The molecule has 0 heterocycles. The molecule has 3 aromatic rings. The van der Waals surface area contributed by atoms with Crippen LogP contribution < -0.4 is 14.8 Å². The van der Waals surface area contributed by atoms with E-state index in [9.17, 15) is 13.2 Å². The van der Waals surface area contributed by atoms with E-state index < -0.39 is 15.9 Å². The second kappa shape index (κ2) is 9.65. The van der Waals surface area contributed by atoms with E-state index in [4.69, 9.17) is 16.3 Å². The molecule has 1 amide bonds. The van der Waals surface area contributed by atoms with Crippen molar-refractivity contribution in [2.75, 3.05) is 17.9 Å². The summed E-state index contributed by atoms with van der Waals surface area (Å²) in [6.45, 7) is 2.34. The number of hydrogen-bond donors (Lipinski definition) is 2. The van der Waals surface area contributed by atoms with Gasteiger partial charge in [0, 0.05) is 11.3 Å². The zero-order valence-corrected chi connectivity index (χ0v) is 17.8. The van der Waals surface area contributed by atoms with E-state index in [2.05, 4.69) is 10.0 Å². The number of para-hydroxylation sites is 1. The zero-order valence-electron chi connectivity index (χ0n) is 16.3. The SMILES string of the molecule is Cc1cccc(NS(=O)(=O)c2cccc(C(=O)NCCOc3ccccc3Cl)c2)c1. The van der Waals surface area contributed by atoms with Crippen LogP contribution in [0.5, 0.6) is 5.75 Å². The maximum Gasteiger partial charge on any atom is 0.261 e. The minimum Gasteiger partial charge on any atom is -0.490 e. The molecule has 2 N–H and O–H groups in total. The second-order valence-electron chi connectivity index (χ2n) is 6.54. The van der Waals surface area contributed by atoms with Crippen LogP contribution in [0.3, 0.4) is 0 Å². The van der Waals surface area contributed by atoms with Crippen molar-refractivity contribution in [2.45, 2.75) is 11.8 Å². The molecule has 0 saturated heterocycles. The molecule has 0 fully saturated rings. The van der Waals surface area contributed by atoms with E-state index in [-0.39, 0.29) is 23.6 Å². The van der Waals surface area contributed by atoms with E-state index in [1.807, 2.05) is 13.0 Å². The molecule has 0 aliphatic rings. The Morgan fingerprint density at radius 3 is 2.53 bits per heavy atom. The van der Waals surface area contributed by atoms with Crippen LogP contribution in [0.4, 0.5) is 5.69 Å². The Labute approximate surface area is 180 Å². The molecule has 30 heavy (non-hydrogen) atoms. The molecule has 8 heteroatoms. The summed E-state index contributed by atoms with van der Waals surface area (Å²) in [6, 6.07) is 19.9. The molecule has 0 radical (unpaired) electrons. The lowest BCUT2D eigenvalue weighted by Crippen LogP contribution is -2.28. The van der Waals surface area contributed by atoms with Gasteiger partial charge in [0.15, 0.2) is 0 Å². The number of benzene rings is 3. The van der Waals surface area contributed by atoms with Gasteiger partial charge in [0.05, 0.1) is 16.5 Å². The van der Waals surface area contributed by atoms with Crippen LogP contribution in [0.1, 0.15) is 15.9 Å². The molecule has 6 nitrogen and oxygen atoms in total. The fourth-order valence-corrected chi connectivity index (χ4v) is 4.00. The number of carbonyl (C=O) groups excluding carboxylic acids is 1. The van der Waals surface area contributed by atoms with Gasteiger partial charge in [-0.05, 0) is 55.0 Å². The van der Waals surface area contributed by atoms with Crippen molar-refractivity contribution >= 4 is 33.2 Å². The Morgan fingerprint density at radius 1 is 1.00 bits per heavy atom. The Balaban J connectivity index is 1.61. The maximum absolute atomic E-state index is 12.7. The topological polar surface area (TPSA) is 84.5 Å². The Morgan fingerprint density at radius 2 is 1.77 bits per heavy atom. The molecule has 0 saturated carbocycles. The van der Waals surface area contributed by atoms with Gasteiger partial charge in [-0.15, -0.1) is 0 Å².